The molecule has 2 atom stereocenters. The molecule has 4 aliphatic rings. The second-order valence-corrected chi connectivity index (χ2v) is 17.9. The molecule has 2 unspecified atom stereocenters. The molecule has 3 fully saturated rings. The van der Waals surface area contributed by atoms with Gasteiger partial charge in [0.2, 0.25) is 17.7 Å². The minimum atomic E-state index is -0.972. The van der Waals surface area contributed by atoms with Crippen LogP contribution >= 0.6 is 11.8 Å². The molecule has 3 saturated heterocycles. The number of ether oxygens (including phenoxy) is 1. The van der Waals surface area contributed by atoms with E-state index >= 15 is 0 Å². The van der Waals surface area contributed by atoms with Crippen LogP contribution in [0.2, 0.25) is 0 Å². The Hall–Kier alpha value is -6.17. The summed E-state index contributed by atoms with van der Waals surface area (Å²) in [7, 11) is 0. The molecular formula is C47H52N10O6S. The molecule has 0 bridgehead atoms. The number of aromatic nitrogens is 4. The number of carbonyl (C=O) groups is 5. The van der Waals surface area contributed by atoms with Gasteiger partial charge in [-0.2, -0.15) is 5.10 Å². The smallest absolute Gasteiger partial charge is 0.263 e. The lowest BCUT2D eigenvalue weighted by Crippen LogP contribution is -2.54. The highest BCUT2D eigenvalue weighted by molar-refractivity contribution is 7.99. The Morgan fingerprint density at radius 3 is 2.33 bits per heavy atom. The molecule has 64 heavy (non-hydrogen) atoms. The van der Waals surface area contributed by atoms with Crippen molar-refractivity contribution in [3.63, 3.8) is 0 Å². The van der Waals surface area contributed by atoms with E-state index in [9.17, 15) is 24.0 Å². The maximum Gasteiger partial charge on any atom is 0.263 e. The summed E-state index contributed by atoms with van der Waals surface area (Å²) in [5.74, 6) is 0.860. The van der Waals surface area contributed by atoms with Crippen molar-refractivity contribution >= 4 is 58.1 Å². The standard InChI is InChI=1S/C47H52N10O6S/c48-43-41-42(31-15-17-34(18-16-31)63-33-10-2-1-3-11-33)52-57(44(41)50-30-49-43)32-9-7-23-55(29-32)39(59)14-8-22-54-26-24-53(25-27-54)21-4-5-28-64-37-13-6-12-35-40(37)47(62)56(46(35)61)36-19-20-38(58)51-45(36)60/h1-3,6,10-13,15-18,30,32,36H,4-5,7-9,14,19-29H2,(H2,48,49,50)(H,51,58,60). The Bertz CT molecular complexity index is 2540. The van der Waals surface area contributed by atoms with Gasteiger partial charge in [0, 0.05) is 62.6 Å². The van der Waals surface area contributed by atoms with E-state index in [1.54, 1.807) is 23.9 Å². The monoisotopic (exact) mass is 884 g/mol. The number of fused-ring (bicyclic) bond motifs is 2. The summed E-state index contributed by atoms with van der Waals surface area (Å²) in [6.45, 7) is 7.05. The van der Waals surface area contributed by atoms with Crippen molar-refractivity contribution < 1.29 is 28.7 Å². The molecule has 0 radical (unpaired) electrons. The van der Waals surface area contributed by atoms with Gasteiger partial charge in [0.05, 0.1) is 22.6 Å². The average molecular weight is 885 g/mol. The molecular weight excluding hydrogens is 833 g/mol. The van der Waals surface area contributed by atoms with E-state index in [2.05, 4.69) is 25.1 Å². The highest BCUT2D eigenvalue weighted by atomic mass is 32.2. The van der Waals surface area contributed by atoms with Crippen LogP contribution in [-0.2, 0) is 14.4 Å². The zero-order valence-electron chi connectivity index (χ0n) is 35.7. The third kappa shape index (κ3) is 9.23. The molecule has 5 amide bonds. The van der Waals surface area contributed by atoms with Crippen LogP contribution in [-0.4, -0.2) is 133 Å². The van der Waals surface area contributed by atoms with Gasteiger partial charge in [-0.15, -0.1) is 11.8 Å². The van der Waals surface area contributed by atoms with Gasteiger partial charge in [-0.3, -0.25) is 34.2 Å². The number of amides is 5. The van der Waals surface area contributed by atoms with Crippen molar-refractivity contribution in [1.29, 1.82) is 0 Å². The molecule has 5 aromatic rings. The number of thioether (sulfide) groups is 1. The number of nitrogen functional groups attached to an aromatic ring is 1. The maximum absolute atomic E-state index is 13.6. The molecule has 332 valence electrons. The second-order valence-electron chi connectivity index (χ2n) is 16.8. The van der Waals surface area contributed by atoms with Gasteiger partial charge in [-0.25, -0.2) is 14.6 Å². The molecule has 16 nitrogen and oxygen atoms in total. The van der Waals surface area contributed by atoms with E-state index in [1.807, 2.05) is 70.2 Å². The van der Waals surface area contributed by atoms with Crippen molar-refractivity contribution in [3.8, 4) is 22.8 Å². The van der Waals surface area contributed by atoms with Crippen LogP contribution in [0.4, 0.5) is 5.82 Å². The first-order chi connectivity index (χ1) is 31.2. The molecule has 2 aromatic heterocycles. The van der Waals surface area contributed by atoms with Crippen LogP contribution in [0.5, 0.6) is 11.5 Å². The molecule has 4 aliphatic heterocycles. The summed E-state index contributed by atoms with van der Waals surface area (Å²) in [5.41, 5.74) is 9.34. The zero-order chi connectivity index (χ0) is 44.2. The van der Waals surface area contributed by atoms with Gasteiger partial charge >= 0.3 is 0 Å². The van der Waals surface area contributed by atoms with E-state index in [-0.39, 0.29) is 24.8 Å². The molecule has 0 saturated carbocycles. The second kappa shape index (κ2) is 19.3. The molecule has 0 aliphatic carbocycles. The summed E-state index contributed by atoms with van der Waals surface area (Å²) in [6, 6.07) is 21.6. The minimum Gasteiger partial charge on any atom is -0.457 e. The van der Waals surface area contributed by atoms with Crippen LogP contribution < -0.4 is 15.8 Å². The van der Waals surface area contributed by atoms with Crippen molar-refractivity contribution in [2.45, 2.75) is 68.3 Å². The van der Waals surface area contributed by atoms with E-state index in [0.29, 0.717) is 52.4 Å². The quantitative estimate of drug-likeness (QED) is 0.0773. The SMILES string of the molecule is Nc1ncnc2c1c(-c1ccc(Oc3ccccc3)cc1)nn2C1CCCN(C(=O)CCCN2CCN(CCCCSc3cccc4c3C(=O)N(C3CCC(=O)NC3=O)C4=O)CC2)C1. The van der Waals surface area contributed by atoms with Crippen molar-refractivity contribution in [2.24, 2.45) is 0 Å². The first-order valence-corrected chi connectivity index (χ1v) is 23.2. The molecule has 0 spiro atoms. The summed E-state index contributed by atoms with van der Waals surface area (Å²) in [6.07, 6.45) is 6.72. The number of para-hydroxylation sites is 1. The van der Waals surface area contributed by atoms with E-state index in [0.717, 1.165) is 105 Å². The van der Waals surface area contributed by atoms with Gasteiger partial charge in [0.25, 0.3) is 11.8 Å². The number of imide groups is 2. The highest BCUT2D eigenvalue weighted by Gasteiger charge is 2.45. The van der Waals surface area contributed by atoms with Crippen LogP contribution in [0.25, 0.3) is 22.3 Å². The Balaban J connectivity index is 0.705. The first-order valence-electron chi connectivity index (χ1n) is 22.2. The van der Waals surface area contributed by atoms with Gasteiger partial charge in [-0.1, -0.05) is 24.3 Å². The third-order valence-corrected chi connectivity index (χ3v) is 13.7. The van der Waals surface area contributed by atoms with Gasteiger partial charge in [0.15, 0.2) is 5.65 Å². The Kier molecular flexibility index (Phi) is 13.0. The normalized spacial score (nSPS) is 19.6. The lowest BCUT2D eigenvalue weighted by Gasteiger charge is -2.35. The Morgan fingerprint density at radius 2 is 1.56 bits per heavy atom. The van der Waals surface area contributed by atoms with Crippen LogP contribution in [0.1, 0.15) is 78.1 Å². The van der Waals surface area contributed by atoms with Gasteiger partial charge in [0.1, 0.15) is 35.4 Å². The van der Waals surface area contributed by atoms with Gasteiger partial charge < -0.3 is 25.2 Å². The number of likely N-dealkylation sites (tertiary alicyclic amines) is 1. The number of piperazine rings is 1. The fraction of sp³-hybridized carbons (Fsp3) is 0.404. The Morgan fingerprint density at radius 1 is 0.812 bits per heavy atom. The minimum absolute atomic E-state index is 0.0395. The van der Waals surface area contributed by atoms with E-state index < -0.39 is 29.7 Å². The number of hydrogen-bond donors (Lipinski definition) is 2. The van der Waals surface area contributed by atoms with E-state index in [1.165, 1.54) is 6.33 Å². The number of hydrogen-bond acceptors (Lipinski definition) is 13. The maximum atomic E-state index is 13.6. The number of piperidine rings is 2. The summed E-state index contributed by atoms with van der Waals surface area (Å²) in [5, 5.41) is 8.01. The average Bonchev–Trinajstić information content (AvgIpc) is 3.83. The molecule has 3 N–H and O–H groups in total. The highest BCUT2D eigenvalue weighted by Crippen LogP contribution is 2.37. The van der Waals surface area contributed by atoms with Crippen LogP contribution in [0, 0.1) is 0 Å². The number of carbonyl (C=O) groups excluding carboxylic acids is 5. The zero-order valence-corrected chi connectivity index (χ0v) is 36.5. The number of anilines is 1. The third-order valence-electron chi connectivity index (χ3n) is 12.6. The summed E-state index contributed by atoms with van der Waals surface area (Å²) >= 11 is 1.56. The summed E-state index contributed by atoms with van der Waals surface area (Å²) in [4.78, 5) is 81.9. The molecule has 6 heterocycles. The number of nitrogens with zero attached hydrogens (tertiary/aromatic N) is 8. The summed E-state index contributed by atoms with van der Waals surface area (Å²) < 4.78 is 7.94. The number of benzene rings is 3. The lowest BCUT2D eigenvalue weighted by molar-refractivity contribution is -0.136. The van der Waals surface area contributed by atoms with Gasteiger partial charge in [-0.05, 0) is 106 Å². The lowest BCUT2D eigenvalue weighted by atomic mass is 10.0. The molecule has 3 aromatic carbocycles. The first kappa shape index (κ1) is 43.1. The van der Waals surface area contributed by atoms with E-state index in [4.69, 9.17) is 15.6 Å². The molecule has 17 heteroatoms. The topological polar surface area (TPSA) is 189 Å². The largest absolute Gasteiger partial charge is 0.457 e. The fourth-order valence-corrected chi connectivity index (χ4v) is 10.3. The van der Waals surface area contributed by atoms with Crippen molar-refractivity contribution in [1.82, 2.24) is 44.7 Å². The predicted molar refractivity (Wildman–Crippen MR) is 242 cm³/mol. The number of nitrogens with two attached hydrogens (primary N) is 1. The Labute approximate surface area is 375 Å². The predicted octanol–water partition coefficient (Wildman–Crippen LogP) is 5.40. The fourth-order valence-electron chi connectivity index (χ4n) is 9.21. The van der Waals surface area contributed by atoms with Crippen LogP contribution in [0.3, 0.4) is 0 Å². The number of nitrogens with one attached hydrogen (secondary N) is 1. The van der Waals surface area contributed by atoms with Crippen molar-refractivity contribution in [3.05, 3.63) is 90.3 Å². The number of rotatable bonds is 15. The number of unbranched alkanes of at least 4 members (excludes halogenated alkanes) is 1. The molecule has 9 rings (SSSR count). The van der Waals surface area contributed by atoms with Crippen LogP contribution in [0.15, 0.2) is 84.0 Å². The van der Waals surface area contributed by atoms with Crippen molar-refractivity contribution in [2.75, 3.05) is 63.8 Å².